The molecule has 9 nitrogen and oxygen atoms in total. The molecule has 0 aliphatic heterocycles. The molecular formula is C18H29NO8P2. The van der Waals surface area contributed by atoms with Crippen LogP contribution in [0.25, 0.3) is 5.57 Å². The minimum atomic E-state index is -4.84. The van der Waals surface area contributed by atoms with E-state index in [1.807, 2.05) is 25.1 Å². The van der Waals surface area contributed by atoms with Gasteiger partial charge in [-0.05, 0) is 37.3 Å². The van der Waals surface area contributed by atoms with Crippen LogP contribution in [0.5, 0.6) is 0 Å². The van der Waals surface area contributed by atoms with E-state index in [-0.39, 0.29) is 4.92 Å². The number of aryl methyl sites for hydroxylation is 1. The Morgan fingerprint density at radius 3 is 1.76 bits per heavy atom. The van der Waals surface area contributed by atoms with Crippen molar-refractivity contribution in [3.05, 3.63) is 56.6 Å². The lowest BCUT2D eigenvalue weighted by atomic mass is 9.91. The third-order valence-corrected chi connectivity index (χ3v) is 7.22. The van der Waals surface area contributed by atoms with Crippen LogP contribution in [0.1, 0.15) is 58.1 Å². The summed E-state index contributed by atoms with van der Waals surface area (Å²) in [5.74, 6) is 0. The molecule has 0 amide bonds. The molecule has 0 saturated heterocycles. The molecule has 0 saturated carbocycles. The fourth-order valence-corrected chi connectivity index (χ4v) is 4.17. The van der Waals surface area contributed by atoms with Crippen LogP contribution >= 0.6 is 15.2 Å². The molecule has 4 N–H and O–H groups in total. The predicted molar refractivity (Wildman–Crippen MR) is 113 cm³/mol. The highest BCUT2D eigenvalue weighted by atomic mass is 31.2. The van der Waals surface area contributed by atoms with Crippen LogP contribution in [0.15, 0.2) is 35.4 Å². The molecule has 1 aromatic rings. The number of allylic oxidation sites excluding steroid dienone is 2. The number of para-hydroxylation sites is 1. The van der Waals surface area contributed by atoms with Crippen molar-refractivity contribution in [1.82, 2.24) is 0 Å². The van der Waals surface area contributed by atoms with Gasteiger partial charge in [0.1, 0.15) is 5.06 Å². The van der Waals surface area contributed by atoms with Crippen LogP contribution in [0.2, 0.25) is 0 Å². The van der Waals surface area contributed by atoms with Crippen molar-refractivity contribution in [1.29, 1.82) is 0 Å². The Morgan fingerprint density at radius 2 is 1.48 bits per heavy atom. The molecule has 0 spiro atoms. The molecule has 0 aliphatic rings. The van der Waals surface area contributed by atoms with E-state index in [1.54, 1.807) is 0 Å². The highest BCUT2D eigenvalue weighted by Crippen LogP contribution is 2.62. The van der Waals surface area contributed by atoms with Gasteiger partial charge in [0.25, 0.3) is 5.69 Å². The van der Waals surface area contributed by atoms with Crippen molar-refractivity contribution in [2.45, 2.75) is 53.4 Å². The highest BCUT2D eigenvalue weighted by molar-refractivity contribution is 7.77. The Balaban J connectivity index is 0.000000665. The summed E-state index contributed by atoms with van der Waals surface area (Å²) in [5, 5.41) is 10.1. The van der Waals surface area contributed by atoms with Gasteiger partial charge in [0.15, 0.2) is 0 Å². The summed E-state index contributed by atoms with van der Waals surface area (Å²) in [4.78, 5) is 43.7. The van der Waals surface area contributed by atoms with Gasteiger partial charge in [-0.25, -0.2) is 0 Å². The van der Waals surface area contributed by atoms with Gasteiger partial charge < -0.3 is 19.6 Å². The fraction of sp³-hybridized carbons (Fsp3) is 0.444. The minimum Gasteiger partial charge on any atom is -0.321 e. The van der Waals surface area contributed by atoms with Crippen molar-refractivity contribution >= 4 is 26.5 Å². The molecule has 0 fully saturated rings. The Bertz CT molecular complexity index is 837. The normalized spacial score (nSPS) is 11.3. The fourth-order valence-electron chi connectivity index (χ4n) is 2.81. The molecule has 0 aromatic heterocycles. The molecule has 29 heavy (non-hydrogen) atoms. The van der Waals surface area contributed by atoms with E-state index in [9.17, 15) is 19.2 Å². The number of benzene rings is 1. The number of hydrogen-bond acceptors (Lipinski definition) is 4. The topological polar surface area (TPSA) is 158 Å². The first-order valence-electron chi connectivity index (χ1n) is 9.04. The van der Waals surface area contributed by atoms with E-state index in [1.165, 1.54) is 5.57 Å². The lowest BCUT2D eigenvalue weighted by Crippen LogP contribution is -2.01. The van der Waals surface area contributed by atoms with Crippen LogP contribution in [-0.2, 0) is 15.6 Å². The molecule has 11 heteroatoms. The number of nitrogens with zero attached hydrogens (tertiary/aromatic N) is 1. The number of rotatable bonds is 8. The molecule has 0 aliphatic carbocycles. The smallest absolute Gasteiger partial charge is 0.321 e. The SMILES string of the molecule is C=C(P(=O)(O)O)P(=O)(O)O.CCC(CC)=C(CC)c1cccc(CC)c1[N+](=O)[O-]. The standard InChI is InChI=1S/C16H23NO2.C2H6O6P2/c1-5-12(6-2)14(8-4)15-11-9-10-13(7-3)16(15)17(18)19;1-2(9(3,4)5)10(6,7)8/h9-11H,5-8H2,1-4H3;1H2,(H2,3,4,5)(H2,6,7,8). The molecule has 0 bridgehead atoms. The summed E-state index contributed by atoms with van der Waals surface area (Å²) >= 11 is 0. The Hall–Kier alpha value is -1.60. The van der Waals surface area contributed by atoms with Crippen LogP contribution in [0.3, 0.4) is 0 Å². The average molecular weight is 449 g/mol. The summed E-state index contributed by atoms with van der Waals surface area (Å²) in [6, 6.07) is 5.67. The largest absolute Gasteiger partial charge is 0.363 e. The second-order valence-electron chi connectivity index (χ2n) is 6.07. The third kappa shape index (κ3) is 7.97. The molecule has 164 valence electrons. The maximum Gasteiger partial charge on any atom is 0.363 e. The monoisotopic (exact) mass is 449 g/mol. The van der Waals surface area contributed by atoms with Gasteiger partial charge in [0.05, 0.1) is 10.5 Å². The third-order valence-electron chi connectivity index (χ3n) is 4.31. The second-order valence-corrected chi connectivity index (χ2v) is 9.68. The Morgan fingerprint density at radius 1 is 1.00 bits per heavy atom. The summed E-state index contributed by atoms with van der Waals surface area (Å²) in [6.45, 7) is 10.8. The first kappa shape index (κ1) is 27.4. The lowest BCUT2D eigenvalue weighted by Gasteiger charge is -2.13. The molecule has 0 unspecified atom stereocenters. The summed E-state index contributed by atoms with van der Waals surface area (Å²) in [7, 11) is -9.67. The van der Waals surface area contributed by atoms with E-state index in [2.05, 4.69) is 27.4 Å². The maximum absolute atomic E-state index is 11.4. The maximum atomic E-state index is 11.4. The van der Waals surface area contributed by atoms with E-state index in [4.69, 9.17) is 19.6 Å². The van der Waals surface area contributed by atoms with Crippen LogP contribution < -0.4 is 0 Å². The van der Waals surface area contributed by atoms with E-state index in [0.717, 1.165) is 36.0 Å². The summed E-state index contributed by atoms with van der Waals surface area (Å²) < 4.78 is 20.2. The molecule has 0 heterocycles. The van der Waals surface area contributed by atoms with Crippen molar-refractivity contribution < 1.29 is 33.6 Å². The first-order valence-corrected chi connectivity index (χ1v) is 12.3. The Kier molecular flexibility index (Phi) is 10.9. The van der Waals surface area contributed by atoms with E-state index in [0.29, 0.717) is 12.1 Å². The Labute approximate surface area is 170 Å². The average Bonchev–Trinajstić information content (AvgIpc) is 2.63. The lowest BCUT2D eigenvalue weighted by molar-refractivity contribution is -0.385. The number of nitro benzene ring substituents is 1. The molecule has 0 radical (unpaired) electrons. The van der Waals surface area contributed by atoms with Crippen LogP contribution in [0.4, 0.5) is 5.69 Å². The van der Waals surface area contributed by atoms with Gasteiger partial charge in [-0.1, -0.05) is 52.0 Å². The van der Waals surface area contributed by atoms with Crippen molar-refractivity contribution in [3.63, 3.8) is 0 Å². The zero-order valence-electron chi connectivity index (χ0n) is 17.0. The quantitative estimate of drug-likeness (QED) is 0.246. The van der Waals surface area contributed by atoms with Gasteiger partial charge in [-0.2, -0.15) is 0 Å². The van der Waals surface area contributed by atoms with E-state index < -0.39 is 20.2 Å². The van der Waals surface area contributed by atoms with Crippen LogP contribution in [0, 0.1) is 10.1 Å². The van der Waals surface area contributed by atoms with Crippen molar-refractivity contribution in [2.24, 2.45) is 0 Å². The van der Waals surface area contributed by atoms with Crippen molar-refractivity contribution in [2.75, 3.05) is 0 Å². The molecule has 1 rings (SSSR count). The number of hydrogen-bond donors (Lipinski definition) is 4. The minimum absolute atomic E-state index is 0.229. The molecule has 0 atom stereocenters. The van der Waals surface area contributed by atoms with Crippen LogP contribution in [-0.4, -0.2) is 24.5 Å². The summed E-state index contributed by atoms with van der Waals surface area (Å²) in [5.41, 5.74) is 4.39. The first-order chi connectivity index (χ1) is 13.3. The zero-order valence-corrected chi connectivity index (χ0v) is 18.8. The highest BCUT2D eigenvalue weighted by Gasteiger charge is 2.33. The van der Waals surface area contributed by atoms with Gasteiger partial charge in [0.2, 0.25) is 0 Å². The van der Waals surface area contributed by atoms with Gasteiger partial charge in [0, 0.05) is 5.56 Å². The number of nitro groups is 1. The van der Waals surface area contributed by atoms with E-state index >= 15 is 0 Å². The predicted octanol–water partition coefficient (Wildman–Crippen LogP) is 4.95. The molecular weight excluding hydrogens is 420 g/mol. The molecule has 1 aromatic carbocycles. The second kappa shape index (κ2) is 11.6. The van der Waals surface area contributed by atoms with Gasteiger partial charge in [-0.15, -0.1) is 0 Å². The van der Waals surface area contributed by atoms with Gasteiger partial charge in [-0.3, -0.25) is 19.2 Å². The summed E-state index contributed by atoms with van der Waals surface area (Å²) in [6.07, 6.45) is 3.43. The van der Waals surface area contributed by atoms with Gasteiger partial charge >= 0.3 is 15.2 Å². The zero-order chi connectivity index (χ0) is 23.0. The van der Waals surface area contributed by atoms with Crippen molar-refractivity contribution in [3.8, 4) is 0 Å².